The Balaban J connectivity index is 1.29. The third-order valence-corrected chi connectivity index (χ3v) is 4.70. The summed E-state index contributed by atoms with van der Waals surface area (Å²) in [5.41, 5.74) is 0. The zero-order chi connectivity index (χ0) is 15.8. The first kappa shape index (κ1) is 14.8. The third-order valence-electron chi connectivity index (χ3n) is 4.70. The van der Waals surface area contributed by atoms with Crippen molar-refractivity contribution in [3.8, 4) is 0 Å². The maximum Gasteiger partial charge on any atom is 0.229 e. The van der Waals surface area contributed by atoms with Crippen molar-refractivity contribution >= 4 is 0 Å². The molecule has 0 radical (unpaired) electrons. The summed E-state index contributed by atoms with van der Waals surface area (Å²) in [6.07, 6.45) is 5.30. The van der Waals surface area contributed by atoms with Gasteiger partial charge in [0, 0.05) is 25.0 Å². The highest BCUT2D eigenvalue weighted by atomic mass is 16.5. The van der Waals surface area contributed by atoms with Gasteiger partial charge in [-0.3, -0.25) is 9.80 Å². The van der Waals surface area contributed by atoms with E-state index in [-0.39, 0.29) is 0 Å². The van der Waals surface area contributed by atoms with Gasteiger partial charge in [-0.15, -0.1) is 0 Å². The number of rotatable bonds is 6. The summed E-state index contributed by atoms with van der Waals surface area (Å²) in [6.45, 7) is 5.54. The largest absolute Gasteiger partial charge is 0.445 e. The van der Waals surface area contributed by atoms with Crippen LogP contribution in [0.2, 0.25) is 0 Å². The molecule has 7 nitrogen and oxygen atoms in total. The van der Waals surface area contributed by atoms with E-state index in [1.165, 1.54) is 12.8 Å². The molecule has 0 unspecified atom stereocenters. The SMILES string of the molecule is Cc1cnc(CN2CC[C@@H](N(C)Cc3noc(C4CC4)n3)C2)o1. The zero-order valence-electron chi connectivity index (χ0n) is 13.7. The summed E-state index contributed by atoms with van der Waals surface area (Å²) < 4.78 is 10.9. The maximum atomic E-state index is 5.57. The molecule has 2 aromatic heterocycles. The topological polar surface area (TPSA) is 71.4 Å². The lowest BCUT2D eigenvalue weighted by molar-refractivity contribution is 0.209. The molecule has 0 bridgehead atoms. The van der Waals surface area contributed by atoms with E-state index in [2.05, 4.69) is 32.0 Å². The van der Waals surface area contributed by atoms with Crippen molar-refractivity contribution in [3.05, 3.63) is 29.6 Å². The minimum absolute atomic E-state index is 0.508. The van der Waals surface area contributed by atoms with Gasteiger partial charge in [0.05, 0.1) is 19.3 Å². The second-order valence-electron chi connectivity index (χ2n) is 6.78. The number of likely N-dealkylation sites (N-methyl/N-ethyl adjacent to an activating group) is 1. The molecule has 1 saturated heterocycles. The van der Waals surface area contributed by atoms with Gasteiger partial charge < -0.3 is 8.94 Å². The first-order valence-electron chi connectivity index (χ1n) is 8.34. The average Bonchev–Trinajstić information content (AvgIpc) is 2.93. The van der Waals surface area contributed by atoms with E-state index in [0.717, 1.165) is 56.0 Å². The molecule has 124 valence electrons. The molecule has 0 N–H and O–H groups in total. The van der Waals surface area contributed by atoms with E-state index in [0.29, 0.717) is 12.0 Å². The summed E-state index contributed by atoms with van der Waals surface area (Å²) in [5.74, 6) is 3.82. The van der Waals surface area contributed by atoms with Crippen LogP contribution in [-0.4, -0.2) is 51.1 Å². The number of hydrogen-bond acceptors (Lipinski definition) is 7. The van der Waals surface area contributed by atoms with Crippen molar-refractivity contribution in [1.29, 1.82) is 0 Å². The molecule has 1 atom stereocenters. The maximum absolute atomic E-state index is 5.57. The molecule has 4 rings (SSSR count). The molecular formula is C16H23N5O2. The lowest BCUT2D eigenvalue weighted by Crippen LogP contribution is -2.34. The fourth-order valence-corrected chi connectivity index (χ4v) is 3.16. The summed E-state index contributed by atoms with van der Waals surface area (Å²) in [6, 6.07) is 0.508. The van der Waals surface area contributed by atoms with Crippen LogP contribution in [0.1, 0.15) is 48.5 Å². The number of likely N-dealkylation sites (tertiary alicyclic amines) is 1. The van der Waals surface area contributed by atoms with Crippen LogP contribution < -0.4 is 0 Å². The van der Waals surface area contributed by atoms with E-state index in [9.17, 15) is 0 Å². The van der Waals surface area contributed by atoms with Gasteiger partial charge in [0.1, 0.15) is 5.76 Å². The van der Waals surface area contributed by atoms with Crippen molar-refractivity contribution in [2.75, 3.05) is 20.1 Å². The summed E-state index contributed by atoms with van der Waals surface area (Å²) >= 11 is 0. The van der Waals surface area contributed by atoms with Gasteiger partial charge in [-0.25, -0.2) is 4.98 Å². The Kier molecular flexibility index (Phi) is 3.90. The highest BCUT2D eigenvalue weighted by molar-refractivity contribution is 5.02. The third kappa shape index (κ3) is 3.45. The molecule has 2 fully saturated rings. The average molecular weight is 317 g/mol. The first-order valence-corrected chi connectivity index (χ1v) is 8.34. The lowest BCUT2D eigenvalue weighted by Gasteiger charge is -2.22. The van der Waals surface area contributed by atoms with Crippen molar-refractivity contribution in [3.63, 3.8) is 0 Å². The number of oxazole rings is 1. The monoisotopic (exact) mass is 317 g/mol. The van der Waals surface area contributed by atoms with E-state index < -0.39 is 0 Å². The Morgan fingerprint density at radius 3 is 2.96 bits per heavy atom. The molecule has 1 aliphatic carbocycles. The summed E-state index contributed by atoms with van der Waals surface area (Å²) in [4.78, 5) is 13.5. The molecule has 2 aliphatic rings. The normalized spacial score (nSPS) is 22.3. The Morgan fingerprint density at radius 1 is 1.35 bits per heavy atom. The number of aryl methyl sites for hydroxylation is 1. The van der Waals surface area contributed by atoms with Crippen LogP contribution in [0, 0.1) is 6.92 Å². The zero-order valence-corrected chi connectivity index (χ0v) is 13.7. The molecule has 2 aromatic rings. The Hall–Kier alpha value is -1.73. The van der Waals surface area contributed by atoms with Crippen LogP contribution in [0.15, 0.2) is 15.1 Å². The van der Waals surface area contributed by atoms with Crippen molar-refractivity contribution in [2.45, 2.75) is 51.2 Å². The second kappa shape index (κ2) is 6.05. The van der Waals surface area contributed by atoms with Gasteiger partial charge in [0.25, 0.3) is 0 Å². The predicted molar refractivity (Wildman–Crippen MR) is 82.7 cm³/mol. The van der Waals surface area contributed by atoms with E-state index in [4.69, 9.17) is 8.94 Å². The fraction of sp³-hybridized carbons (Fsp3) is 0.688. The van der Waals surface area contributed by atoms with Crippen molar-refractivity contribution < 1.29 is 8.94 Å². The van der Waals surface area contributed by atoms with Gasteiger partial charge >= 0.3 is 0 Å². The van der Waals surface area contributed by atoms with Crippen molar-refractivity contribution in [2.24, 2.45) is 0 Å². The van der Waals surface area contributed by atoms with E-state index >= 15 is 0 Å². The smallest absolute Gasteiger partial charge is 0.229 e. The standard InChI is InChI=1S/C16H23N5O2/c1-11-7-17-15(22-11)10-21-6-5-13(8-21)20(2)9-14-18-16(23-19-14)12-3-4-12/h7,12-13H,3-6,8-10H2,1-2H3/t13-/m1/s1. The molecule has 1 aliphatic heterocycles. The minimum atomic E-state index is 0.508. The minimum Gasteiger partial charge on any atom is -0.445 e. The Labute approximate surface area is 135 Å². The summed E-state index contributed by atoms with van der Waals surface area (Å²) in [7, 11) is 2.14. The van der Waals surface area contributed by atoms with Crippen LogP contribution in [0.5, 0.6) is 0 Å². The highest BCUT2D eigenvalue weighted by Gasteiger charge is 2.31. The van der Waals surface area contributed by atoms with Crippen LogP contribution >= 0.6 is 0 Å². The highest BCUT2D eigenvalue weighted by Crippen LogP contribution is 2.38. The molecule has 3 heterocycles. The van der Waals surface area contributed by atoms with Crippen molar-refractivity contribution in [1.82, 2.24) is 24.9 Å². The molecule has 0 spiro atoms. The second-order valence-corrected chi connectivity index (χ2v) is 6.78. The van der Waals surface area contributed by atoms with Gasteiger partial charge in [0.15, 0.2) is 5.82 Å². The number of hydrogen-bond donors (Lipinski definition) is 0. The Bertz CT molecular complexity index is 663. The molecular weight excluding hydrogens is 294 g/mol. The quantitative estimate of drug-likeness (QED) is 0.806. The van der Waals surface area contributed by atoms with Crippen LogP contribution in [-0.2, 0) is 13.1 Å². The van der Waals surface area contributed by atoms with E-state index in [1.807, 2.05) is 6.92 Å². The summed E-state index contributed by atoms with van der Waals surface area (Å²) in [5, 5.41) is 4.11. The van der Waals surface area contributed by atoms with Crippen LogP contribution in [0.4, 0.5) is 0 Å². The van der Waals surface area contributed by atoms with E-state index in [1.54, 1.807) is 6.20 Å². The van der Waals surface area contributed by atoms with Gasteiger partial charge in [0.2, 0.25) is 11.8 Å². The molecule has 0 amide bonds. The molecule has 1 saturated carbocycles. The van der Waals surface area contributed by atoms with Crippen LogP contribution in [0.25, 0.3) is 0 Å². The molecule has 0 aromatic carbocycles. The molecule has 23 heavy (non-hydrogen) atoms. The molecule has 7 heteroatoms. The number of nitrogens with zero attached hydrogens (tertiary/aromatic N) is 5. The Morgan fingerprint density at radius 2 is 2.22 bits per heavy atom. The predicted octanol–water partition coefficient (Wildman–Crippen LogP) is 1.95. The first-order chi connectivity index (χ1) is 11.2. The van der Waals surface area contributed by atoms with Gasteiger partial charge in [-0.05, 0) is 33.2 Å². The fourth-order valence-electron chi connectivity index (χ4n) is 3.16. The van der Waals surface area contributed by atoms with Gasteiger partial charge in [-0.2, -0.15) is 4.98 Å². The number of aromatic nitrogens is 3. The van der Waals surface area contributed by atoms with Gasteiger partial charge in [-0.1, -0.05) is 5.16 Å². The van der Waals surface area contributed by atoms with Crippen LogP contribution in [0.3, 0.4) is 0 Å². The lowest BCUT2D eigenvalue weighted by atomic mass is 10.2.